The highest BCUT2D eigenvalue weighted by Gasteiger charge is 2.45. The third-order valence-corrected chi connectivity index (χ3v) is 4.84. The molecule has 1 atom stereocenters. The molecule has 1 aliphatic rings. The van der Waals surface area contributed by atoms with Crippen molar-refractivity contribution in [3.63, 3.8) is 0 Å². The molecule has 2 aromatic rings. The summed E-state index contributed by atoms with van der Waals surface area (Å²) in [6.45, 7) is 1.58. The molecule has 0 spiro atoms. The van der Waals surface area contributed by atoms with Gasteiger partial charge in [-0.1, -0.05) is 23.7 Å². The normalized spacial score (nSPS) is 15.8. The van der Waals surface area contributed by atoms with Crippen LogP contribution >= 0.6 is 11.6 Å². The fraction of sp³-hybridized carbons (Fsp3) is 0.143. The summed E-state index contributed by atoms with van der Waals surface area (Å²) in [6, 6.07) is 9.54. The number of halogens is 1. The number of carbonyl (C=O) groups is 4. The smallest absolute Gasteiger partial charge is 0.269 e. The second-order valence-electron chi connectivity index (χ2n) is 6.72. The first-order valence-electron chi connectivity index (χ1n) is 9.36. The molecule has 4 amide bonds. The number of nitrogens with one attached hydrogen (secondary N) is 1. The first kappa shape index (κ1) is 22.6. The zero-order valence-electron chi connectivity index (χ0n) is 16.7. The van der Waals surface area contributed by atoms with Gasteiger partial charge < -0.3 is 0 Å². The van der Waals surface area contributed by atoms with Gasteiger partial charge in [0.25, 0.3) is 23.4 Å². The fourth-order valence-corrected chi connectivity index (χ4v) is 3.31. The van der Waals surface area contributed by atoms with E-state index in [2.05, 4.69) is 5.43 Å². The fourth-order valence-electron chi connectivity index (χ4n) is 3.12. The monoisotopic (exact) mass is 456 g/mol. The van der Waals surface area contributed by atoms with Crippen LogP contribution in [0.25, 0.3) is 0 Å². The molecule has 0 aliphatic carbocycles. The number of anilines is 1. The molecule has 1 heterocycles. The predicted octanol–water partition coefficient (Wildman–Crippen LogP) is 2.63. The van der Waals surface area contributed by atoms with E-state index in [-0.39, 0.29) is 23.4 Å². The van der Waals surface area contributed by atoms with E-state index in [1.807, 2.05) is 0 Å². The SMILES string of the molecule is CC=CC(=O)N(NC(=O)c1ccc([N+](=O)[O-])cc1)C1CC(=O)N(c2cccc(Cl)c2)C1=O. The quantitative estimate of drug-likeness (QED) is 0.318. The Morgan fingerprint density at radius 3 is 2.50 bits per heavy atom. The molecule has 164 valence electrons. The number of imide groups is 1. The molecule has 0 saturated carbocycles. The van der Waals surface area contributed by atoms with Crippen molar-refractivity contribution in [3.8, 4) is 0 Å². The van der Waals surface area contributed by atoms with E-state index >= 15 is 0 Å². The number of hydrazine groups is 1. The lowest BCUT2D eigenvalue weighted by Crippen LogP contribution is -2.54. The van der Waals surface area contributed by atoms with Crippen LogP contribution in [-0.4, -0.2) is 39.6 Å². The molecule has 1 saturated heterocycles. The number of hydrogen-bond acceptors (Lipinski definition) is 6. The highest BCUT2D eigenvalue weighted by molar-refractivity contribution is 6.31. The van der Waals surface area contributed by atoms with Crippen LogP contribution in [0.15, 0.2) is 60.7 Å². The Morgan fingerprint density at radius 1 is 1.22 bits per heavy atom. The van der Waals surface area contributed by atoms with E-state index in [9.17, 15) is 29.3 Å². The molecular weight excluding hydrogens is 440 g/mol. The topological polar surface area (TPSA) is 130 Å². The van der Waals surface area contributed by atoms with Gasteiger partial charge >= 0.3 is 0 Å². The zero-order valence-corrected chi connectivity index (χ0v) is 17.5. The summed E-state index contributed by atoms with van der Waals surface area (Å²) in [7, 11) is 0. The number of amides is 4. The number of benzene rings is 2. The molecule has 10 nitrogen and oxygen atoms in total. The third kappa shape index (κ3) is 4.65. The van der Waals surface area contributed by atoms with Gasteiger partial charge in [0.15, 0.2) is 0 Å². The van der Waals surface area contributed by atoms with Crippen molar-refractivity contribution >= 4 is 46.6 Å². The molecule has 1 unspecified atom stereocenters. The maximum Gasteiger partial charge on any atom is 0.269 e. The van der Waals surface area contributed by atoms with Gasteiger partial charge in [-0.2, -0.15) is 0 Å². The van der Waals surface area contributed by atoms with Gasteiger partial charge in [0, 0.05) is 28.8 Å². The van der Waals surface area contributed by atoms with Gasteiger partial charge in [-0.05, 0) is 37.3 Å². The zero-order chi connectivity index (χ0) is 23.4. The maximum absolute atomic E-state index is 13.0. The summed E-state index contributed by atoms with van der Waals surface area (Å²) >= 11 is 5.95. The summed E-state index contributed by atoms with van der Waals surface area (Å²) in [5.74, 6) is -2.77. The molecule has 1 aliphatic heterocycles. The number of hydrogen-bond donors (Lipinski definition) is 1. The van der Waals surface area contributed by atoms with E-state index in [4.69, 9.17) is 11.6 Å². The van der Waals surface area contributed by atoms with Crippen LogP contribution < -0.4 is 10.3 Å². The number of carbonyl (C=O) groups excluding carboxylic acids is 4. The van der Waals surface area contributed by atoms with Crippen molar-refractivity contribution in [2.75, 3.05) is 4.90 Å². The van der Waals surface area contributed by atoms with E-state index in [1.165, 1.54) is 30.3 Å². The molecule has 2 aromatic carbocycles. The summed E-state index contributed by atoms with van der Waals surface area (Å²) in [5.41, 5.74) is 2.40. The Morgan fingerprint density at radius 2 is 1.91 bits per heavy atom. The number of non-ortho nitro benzene ring substituents is 1. The largest absolute Gasteiger partial charge is 0.274 e. The average molecular weight is 457 g/mol. The van der Waals surface area contributed by atoms with Gasteiger partial charge in [0.2, 0.25) is 5.91 Å². The highest BCUT2D eigenvalue weighted by atomic mass is 35.5. The van der Waals surface area contributed by atoms with Crippen molar-refractivity contribution in [2.45, 2.75) is 19.4 Å². The van der Waals surface area contributed by atoms with Crippen LogP contribution in [0, 0.1) is 10.1 Å². The Labute approximate surface area is 187 Å². The van der Waals surface area contributed by atoms with Gasteiger partial charge in [-0.15, -0.1) is 0 Å². The molecular formula is C21H17ClN4O6. The van der Waals surface area contributed by atoms with Crippen LogP contribution in [0.1, 0.15) is 23.7 Å². The lowest BCUT2D eigenvalue weighted by molar-refractivity contribution is -0.384. The van der Waals surface area contributed by atoms with Crippen LogP contribution in [0.2, 0.25) is 5.02 Å². The Balaban J connectivity index is 1.88. The van der Waals surface area contributed by atoms with Crippen LogP contribution in [0.5, 0.6) is 0 Å². The first-order valence-corrected chi connectivity index (χ1v) is 9.74. The average Bonchev–Trinajstić information content (AvgIpc) is 3.05. The maximum atomic E-state index is 13.0. The summed E-state index contributed by atoms with van der Waals surface area (Å²) in [4.78, 5) is 62.0. The third-order valence-electron chi connectivity index (χ3n) is 4.61. The molecule has 0 radical (unpaired) electrons. The van der Waals surface area contributed by atoms with Crippen molar-refractivity contribution < 1.29 is 24.1 Å². The molecule has 1 N–H and O–H groups in total. The standard InChI is InChI=1S/C21H17ClN4O6/c1-2-4-18(27)25(23-20(29)13-7-9-15(10-8-13)26(31)32)17-12-19(28)24(21(17)30)16-6-3-5-14(22)11-16/h2-11,17H,12H2,1H3,(H,23,29). The number of nitrogens with zero attached hydrogens (tertiary/aromatic N) is 3. The van der Waals surface area contributed by atoms with E-state index in [1.54, 1.807) is 19.1 Å². The second-order valence-corrected chi connectivity index (χ2v) is 7.16. The lowest BCUT2D eigenvalue weighted by Gasteiger charge is -2.26. The van der Waals surface area contributed by atoms with Crippen molar-refractivity contribution in [1.29, 1.82) is 0 Å². The van der Waals surface area contributed by atoms with Crippen LogP contribution in [0.3, 0.4) is 0 Å². The molecule has 0 bridgehead atoms. The molecule has 0 aromatic heterocycles. The highest BCUT2D eigenvalue weighted by Crippen LogP contribution is 2.27. The number of nitro groups is 1. The first-order chi connectivity index (χ1) is 15.2. The van der Waals surface area contributed by atoms with Gasteiger partial charge in [-0.3, -0.25) is 34.7 Å². The van der Waals surface area contributed by atoms with E-state index in [0.29, 0.717) is 5.02 Å². The van der Waals surface area contributed by atoms with Gasteiger partial charge in [0.1, 0.15) is 6.04 Å². The van der Waals surface area contributed by atoms with E-state index < -0.39 is 34.6 Å². The minimum atomic E-state index is -1.29. The Bertz CT molecular complexity index is 1130. The lowest BCUT2D eigenvalue weighted by atomic mass is 10.2. The van der Waals surface area contributed by atoms with Crippen molar-refractivity contribution in [3.05, 3.63) is 81.4 Å². The summed E-state index contributed by atoms with van der Waals surface area (Å²) in [5, 5.41) is 11.9. The summed E-state index contributed by atoms with van der Waals surface area (Å²) < 4.78 is 0. The molecule has 1 fully saturated rings. The predicted molar refractivity (Wildman–Crippen MR) is 115 cm³/mol. The van der Waals surface area contributed by atoms with Crippen molar-refractivity contribution in [2.24, 2.45) is 0 Å². The van der Waals surface area contributed by atoms with Gasteiger partial charge in [0.05, 0.1) is 17.0 Å². The molecule has 3 rings (SSSR count). The Kier molecular flexibility index (Phi) is 6.64. The van der Waals surface area contributed by atoms with Crippen molar-refractivity contribution in [1.82, 2.24) is 10.4 Å². The van der Waals surface area contributed by atoms with Gasteiger partial charge in [-0.25, -0.2) is 9.91 Å². The number of rotatable bonds is 5. The summed E-state index contributed by atoms with van der Waals surface area (Å²) in [6.07, 6.45) is 2.20. The Hall–Kier alpha value is -4.05. The molecule has 11 heteroatoms. The minimum Gasteiger partial charge on any atom is -0.274 e. The van der Waals surface area contributed by atoms with Crippen LogP contribution in [-0.2, 0) is 14.4 Å². The number of allylic oxidation sites excluding steroid dienone is 1. The molecule has 32 heavy (non-hydrogen) atoms. The second kappa shape index (κ2) is 9.40. The number of nitro benzene ring substituents is 1. The van der Waals surface area contributed by atoms with Crippen LogP contribution in [0.4, 0.5) is 11.4 Å². The minimum absolute atomic E-state index is 0.0253. The van der Waals surface area contributed by atoms with E-state index in [0.717, 1.165) is 28.1 Å².